The van der Waals surface area contributed by atoms with Crippen LogP contribution in [0.2, 0.25) is 0 Å². The number of aromatic nitrogens is 2. The zero-order valence-corrected chi connectivity index (χ0v) is 5.68. The molecule has 1 aromatic rings. The van der Waals surface area contributed by atoms with E-state index in [2.05, 4.69) is 5.10 Å². The molecule has 0 radical (unpaired) electrons. The van der Waals surface area contributed by atoms with Crippen LogP contribution < -0.4 is 0 Å². The van der Waals surface area contributed by atoms with E-state index >= 15 is 0 Å². The molecule has 1 heterocycles. The van der Waals surface area contributed by atoms with Gasteiger partial charge in [0, 0.05) is 0 Å². The number of hydrogen-bond acceptors (Lipinski definition) is 4. The van der Waals surface area contributed by atoms with Crippen LogP contribution in [0.1, 0.15) is 5.69 Å². The van der Waals surface area contributed by atoms with Crippen LogP contribution in [0.5, 0.6) is 0 Å². The summed E-state index contributed by atoms with van der Waals surface area (Å²) in [6, 6.07) is 2.89. The van der Waals surface area contributed by atoms with E-state index in [4.69, 9.17) is 5.26 Å². The molecular formula is C5H4N4O2. The average Bonchev–Trinajstić information content (AvgIpc) is 2.31. The van der Waals surface area contributed by atoms with Crippen LogP contribution in [0.15, 0.2) is 6.07 Å². The molecule has 0 aliphatic rings. The van der Waals surface area contributed by atoms with Gasteiger partial charge in [-0.3, -0.25) is 0 Å². The van der Waals surface area contributed by atoms with E-state index < -0.39 is 4.92 Å². The summed E-state index contributed by atoms with van der Waals surface area (Å²) in [5.74, 6) is -0.302. The first-order valence-corrected chi connectivity index (χ1v) is 2.73. The van der Waals surface area contributed by atoms with Gasteiger partial charge in [0.2, 0.25) is 0 Å². The van der Waals surface area contributed by atoms with Crippen molar-refractivity contribution in [3.63, 3.8) is 0 Å². The first-order valence-electron chi connectivity index (χ1n) is 2.73. The Bertz CT molecular complexity index is 335. The summed E-state index contributed by atoms with van der Waals surface area (Å²) in [7, 11) is 1.48. The van der Waals surface area contributed by atoms with Crippen molar-refractivity contribution >= 4 is 5.82 Å². The highest BCUT2D eigenvalue weighted by Crippen LogP contribution is 2.08. The van der Waals surface area contributed by atoms with Gasteiger partial charge in [0.15, 0.2) is 5.69 Å². The molecule has 0 bridgehead atoms. The van der Waals surface area contributed by atoms with Crippen molar-refractivity contribution in [2.75, 3.05) is 0 Å². The van der Waals surface area contributed by atoms with Crippen LogP contribution in [0.4, 0.5) is 5.82 Å². The predicted octanol–water partition coefficient (Wildman–Crippen LogP) is 0.200. The Morgan fingerprint density at radius 1 is 1.91 bits per heavy atom. The molecule has 6 nitrogen and oxygen atoms in total. The fraction of sp³-hybridized carbons (Fsp3) is 0.200. The second kappa shape index (κ2) is 2.38. The summed E-state index contributed by atoms with van der Waals surface area (Å²) in [4.78, 5) is 9.46. The Morgan fingerprint density at radius 2 is 2.55 bits per heavy atom. The van der Waals surface area contributed by atoms with Gasteiger partial charge in [0.1, 0.15) is 6.07 Å². The Kier molecular flexibility index (Phi) is 1.56. The van der Waals surface area contributed by atoms with Gasteiger partial charge in [-0.15, -0.1) is 0 Å². The molecule has 1 rings (SSSR count). The fourth-order valence-electron chi connectivity index (χ4n) is 0.646. The van der Waals surface area contributed by atoms with Crippen LogP contribution in [-0.2, 0) is 7.05 Å². The third kappa shape index (κ3) is 1.16. The van der Waals surface area contributed by atoms with Crippen molar-refractivity contribution in [2.45, 2.75) is 0 Å². The van der Waals surface area contributed by atoms with E-state index in [1.54, 1.807) is 6.07 Å². The van der Waals surface area contributed by atoms with Crippen LogP contribution in [0.3, 0.4) is 0 Å². The first kappa shape index (κ1) is 7.21. The minimum absolute atomic E-state index is 0.178. The monoisotopic (exact) mass is 152 g/mol. The molecular weight excluding hydrogens is 148 g/mol. The van der Waals surface area contributed by atoms with E-state index in [1.807, 2.05) is 0 Å². The second-order valence-corrected chi connectivity index (χ2v) is 1.88. The standard InChI is InChI=1S/C5H4N4O2/c1-8-4(3-6)2-5(7-8)9(10)11/h2H,1H3. The molecule has 11 heavy (non-hydrogen) atoms. The number of hydrogen-bond donors (Lipinski definition) is 0. The van der Waals surface area contributed by atoms with Gasteiger partial charge in [-0.25, -0.2) is 0 Å². The number of nitriles is 1. The van der Waals surface area contributed by atoms with Crippen molar-refractivity contribution in [3.8, 4) is 6.07 Å². The molecule has 56 valence electrons. The van der Waals surface area contributed by atoms with Crippen LogP contribution in [-0.4, -0.2) is 14.7 Å². The highest BCUT2D eigenvalue weighted by atomic mass is 16.6. The second-order valence-electron chi connectivity index (χ2n) is 1.88. The zero-order chi connectivity index (χ0) is 8.43. The van der Waals surface area contributed by atoms with Crippen molar-refractivity contribution < 1.29 is 4.92 Å². The molecule has 0 aromatic carbocycles. The molecule has 0 N–H and O–H groups in total. The number of nitro groups is 1. The van der Waals surface area contributed by atoms with Crippen LogP contribution in [0, 0.1) is 21.4 Å². The van der Waals surface area contributed by atoms with Gasteiger partial charge >= 0.3 is 5.82 Å². The molecule has 0 fully saturated rings. The lowest BCUT2D eigenvalue weighted by Gasteiger charge is -1.81. The lowest BCUT2D eigenvalue weighted by molar-refractivity contribution is -0.389. The summed E-state index contributed by atoms with van der Waals surface area (Å²) >= 11 is 0. The number of rotatable bonds is 1. The lowest BCUT2D eigenvalue weighted by atomic mass is 10.4. The summed E-state index contributed by atoms with van der Waals surface area (Å²) in [5.41, 5.74) is 0.178. The van der Waals surface area contributed by atoms with Gasteiger partial charge in [-0.1, -0.05) is 0 Å². The first-order chi connectivity index (χ1) is 5.15. The third-order valence-corrected chi connectivity index (χ3v) is 1.17. The largest absolute Gasteiger partial charge is 0.391 e. The maximum Gasteiger partial charge on any atom is 0.391 e. The molecule has 0 spiro atoms. The van der Waals surface area contributed by atoms with Gasteiger partial charge in [-0.2, -0.15) is 9.94 Å². The summed E-state index contributed by atoms with van der Waals surface area (Å²) in [5, 5.41) is 22.0. The number of nitrogens with zero attached hydrogens (tertiary/aromatic N) is 4. The highest BCUT2D eigenvalue weighted by molar-refractivity contribution is 5.30. The maximum absolute atomic E-state index is 10.1. The van der Waals surface area contributed by atoms with Gasteiger partial charge in [0.25, 0.3) is 0 Å². The number of aryl methyl sites for hydroxylation is 1. The highest BCUT2D eigenvalue weighted by Gasteiger charge is 2.14. The smallest absolute Gasteiger partial charge is 0.358 e. The SMILES string of the molecule is Cn1nc([N+](=O)[O-])cc1C#N. The summed E-state index contributed by atoms with van der Waals surface area (Å²) in [6.45, 7) is 0. The topological polar surface area (TPSA) is 84.8 Å². The van der Waals surface area contributed by atoms with E-state index in [9.17, 15) is 10.1 Å². The lowest BCUT2D eigenvalue weighted by Crippen LogP contribution is -1.94. The average molecular weight is 152 g/mol. The normalized spacial score (nSPS) is 9.09. The van der Waals surface area contributed by atoms with Gasteiger partial charge in [0.05, 0.1) is 18.2 Å². The van der Waals surface area contributed by atoms with Crippen molar-refractivity contribution in [2.24, 2.45) is 7.05 Å². The van der Waals surface area contributed by atoms with E-state index in [-0.39, 0.29) is 11.5 Å². The summed E-state index contributed by atoms with van der Waals surface area (Å²) in [6.07, 6.45) is 0. The Hall–Kier alpha value is -1.90. The van der Waals surface area contributed by atoms with Crippen molar-refractivity contribution in [1.29, 1.82) is 5.26 Å². The minimum atomic E-state index is -0.638. The molecule has 0 saturated heterocycles. The summed E-state index contributed by atoms with van der Waals surface area (Å²) < 4.78 is 1.16. The third-order valence-electron chi connectivity index (χ3n) is 1.17. The molecule has 0 atom stereocenters. The Morgan fingerprint density at radius 3 is 2.82 bits per heavy atom. The van der Waals surface area contributed by atoms with Gasteiger partial charge in [-0.05, 0) is 4.92 Å². The molecule has 0 saturated carbocycles. The van der Waals surface area contributed by atoms with Crippen LogP contribution in [0.25, 0.3) is 0 Å². The molecule has 0 amide bonds. The van der Waals surface area contributed by atoms with Crippen molar-refractivity contribution in [1.82, 2.24) is 9.78 Å². The fourth-order valence-corrected chi connectivity index (χ4v) is 0.646. The maximum atomic E-state index is 10.1. The predicted molar refractivity (Wildman–Crippen MR) is 34.6 cm³/mol. The molecule has 0 aliphatic heterocycles. The van der Waals surface area contributed by atoms with Gasteiger partial charge < -0.3 is 10.1 Å². The molecule has 0 aliphatic carbocycles. The zero-order valence-electron chi connectivity index (χ0n) is 5.68. The van der Waals surface area contributed by atoms with E-state index in [0.29, 0.717) is 0 Å². The van der Waals surface area contributed by atoms with E-state index in [1.165, 1.54) is 7.05 Å². The molecule has 0 unspecified atom stereocenters. The minimum Gasteiger partial charge on any atom is -0.358 e. The molecule has 1 aromatic heterocycles. The van der Waals surface area contributed by atoms with E-state index in [0.717, 1.165) is 10.7 Å². The molecule has 6 heteroatoms. The quantitative estimate of drug-likeness (QED) is 0.425. The van der Waals surface area contributed by atoms with Crippen LogP contribution >= 0.6 is 0 Å². The van der Waals surface area contributed by atoms with Crippen molar-refractivity contribution in [3.05, 3.63) is 21.9 Å². The Labute approximate surface area is 61.8 Å². The Balaban J connectivity index is 3.18.